The number of halogens is 2. The van der Waals surface area contributed by atoms with E-state index in [9.17, 15) is 17.2 Å². The Morgan fingerprint density at radius 2 is 2.00 bits per heavy atom. The van der Waals surface area contributed by atoms with Crippen LogP contribution in [0.3, 0.4) is 0 Å². The van der Waals surface area contributed by atoms with Crippen LogP contribution in [0.4, 0.5) is 14.5 Å². The number of hydrogen-bond acceptors (Lipinski definition) is 3. The Bertz CT molecular complexity index is 626. The van der Waals surface area contributed by atoms with Crippen molar-refractivity contribution < 1.29 is 17.2 Å². The number of aromatic nitrogens is 2. The summed E-state index contributed by atoms with van der Waals surface area (Å²) in [7, 11) is -3.98. The zero-order valence-corrected chi connectivity index (χ0v) is 9.13. The summed E-state index contributed by atoms with van der Waals surface area (Å²) in [6.45, 7) is 0. The number of rotatable bonds is 3. The minimum Gasteiger partial charge on any atom is -0.275 e. The van der Waals surface area contributed by atoms with Gasteiger partial charge in [-0.3, -0.25) is 9.82 Å². The highest BCUT2D eigenvalue weighted by molar-refractivity contribution is 7.92. The third kappa shape index (κ3) is 2.41. The van der Waals surface area contributed by atoms with Crippen LogP contribution in [0, 0.1) is 11.6 Å². The number of H-pyrrole nitrogens is 1. The molecule has 2 rings (SSSR count). The molecule has 0 saturated heterocycles. The first-order valence-electron chi connectivity index (χ1n) is 4.46. The number of sulfonamides is 1. The minimum absolute atomic E-state index is 0.235. The molecule has 0 atom stereocenters. The maximum atomic E-state index is 13.2. The van der Waals surface area contributed by atoms with E-state index in [4.69, 9.17) is 0 Å². The van der Waals surface area contributed by atoms with Crippen molar-refractivity contribution in [2.45, 2.75) is 5.03 Å². The highest BCUT2D eigenvalue weighted by Crippen LogP contribution is 2.18. The van der Waals surface area contributed by atoms with Gasteiger partial charge in [-0.05, 0) is 18.2 Å². The van der Waals surface area contributed by atoms with E-state index in [0.717, 1.165) is 18.2 Å². The number of nitrogens with one attached hydrogen (secondary N) is 2. The molecule has 0 bridgehead atoms. The predicted octanol–water partition coefficient (Wildman–Crippen LogP) is 1.49. The first kappa shape index (κ1) is 11.5. The molecule has 5 nitrogen and oxygen atoms in total. The molecule has 1 heterocycles. The molecule has 17 heavy (non-hydrogen) atoms. The maximum Gasteiger partial charge on any atom is 0.278 e. The smallest absolute Gasteiger partial charge is 0.275 e. The van der Waals surface area contributed by atoms with Gasteiger partial charge in [-0.15, -0.1) is 0 Å². The monoisotopic (exact) mass is 259 g/mol. The normalized spacial score (nSPS) is 11.4. The molecule has 0 saturated carbocycles. The molecule has 2 aromatic rings. The molecule has 1 aromatic heterocycles. The van der Waals surface area contributed by atoms with Crippen molar-refractivity contribution in [3.63, 3.8) is 0 Å². The quantitative estimate of drug-likeness (QED) is 0.876. The van der Waals surface area contributed by atoms with Crippen LogP contribution >= 0.6 is 0 Å². The van der Waals surface area contributed by atoms with E-state index in [1.807, 2.05) is 4.72 Å². The fourth-order valence-corrected chi connectivity index (χ4v) is 2.14. The largest absolute Gasteiger partial charge is 0.278 e. The van der Waals surface area contributed by atoms with Crippen molar-refractivity contribution in [3.8, 4) is 0 Å². The van der Waals surface area contributed by atoms with Crippen molar-refractivity contribution in [1.82, 2.24) is 10.2 Å². The SMILES string of the molecule is O=S(=O)(Nc1cc(F)ccc1F)c1ccn[nH]1. The van der Waals surface area contributed by atoms with E-state index >= 15 is 0 Å². The van der Waals surface area contributed by atoms with E-state index in [1.165, 1.54) is 12.3 Å². The average molecular weight is 259 g/mol. The minimum atomic E-state index is -3.98. The van der Waals surface area contributed by atoms with E-state index in [2.05, 4.69) is 10.2 Å². The van der Waals surface area contributed by atoms with Crippen molar-refractivity contribution in [1.29, 1.82) is 0 Å². The van der Waals surface area contributed by atoms with Gasteiger partial charge in [0.15, 0.2) is 5.03 Å². The van der Waals surface area contributed by atoms with Crippen LogP contribution < -0.4 is 4.72 Å². The van der Waals surface area contributed by atoms with Gasteiger partial charge in [-0.2, -0.15) is 13.5 Å². The average Bonchev–Trinajstić information content (AvgIpc) is 2.77. The summed E-state index contributed by atoms with van der Waals surface area (Å²) in [5.41, 5.74) is -0.459. The van der Waals surface area contributed by atoms with Crippen LogP contribution in [0.1, 0.15) is 0 Å². The molecule has 0 spiro atoms. The van der Waals surface area contributed by atoms with Crippen LogP contribution in [-0.2, 0) is 10.0 Å². The number of benzene rings is 1. The van der Waals surface area contributed by atoms with Crippen LogP contribution in [0.2, 0.25) is 0 Å². The first-order valence-corrected chi connectivity index (χ1v) is 5.94. The topological polar surface area (TPSA) is 74.8 Å². The molecular weight excluding hydrogens is 252 g/mol. The Kier molecular flexibility index (Phi) is 2.80. The summed E-state index contributed by atoms with van der Waals surface area (Å²) < 4.78 is 51.3. The number of anilines is 1. The van der Waals surface area contributed by atoms with E-state index in [-0.39, 0.29) is 5.03 Å². The Balaban J connectivity index is 2.36. The first-order chi connectivity index (χ1) is 7.99. The summed E-state index contributed by atoms with van der Waals surface area (Å²) in [4.78, 5) is 0. The maximum absolute atomic E-state index is 13.2. The van der Waals surface area contributed by atoms with E-state index in [0.29, 0.717) is 0 Å². The van der Waals surface area contributed by atoms with Gasteiger partial charge in [0, 0.05) is 6.07 Å². The second-order valence-electron chi connectivity index (χ2n) is 3.15. The van der Waals surface area contributed by atoms with Gasteiger partial charge in [0.1, 0.15) is 11.6 Å². The highest BCUT2D eigenvalue weighted by atomic mass is 32.2. The molecule has 0 aliphatic rings. The molecule has 1 aromatic carbocycles. The molecule has 0 amide bonds. The van der Waals surface area contributed by atoms with Crippen molar-refractivity contribution in [2.75, 3.05) is 4.72 Å². The fraction of sp³-hybridized carbons (Fsp3) is 0. The van der Waals surface area contributed by atoms with Crippen LogP contribution in [-0.4, -0.2) is 18.6 Å². The van der Waals surface area contributed by atoms with Crippen LogP contribution in [0.25, 0.3) is 0 Å². The van der Waals surface area contributed by atoms with Gasteiger partial charge < -0.3 is 0 Å². The van der Waals surface area contributed by atoms with Crippen molar-refractivity contribution in [3.05, 3.63) is 42.1 Å². The number of nitrogens with zero attached hydrogens (tertiary/aromatic N) is 1. The summed E-state index contributed by atoms with van der Waals surface area (Å²) in [5, 5.41) is 5.44. The van der Waals surface area contributed by atoms with Gasteiger partial charge in [0.05, 0.1) is 11.9 Å². The standard InChI is InChI=1S/C9H7F2N3O2S/c10-6-1-2-7(11)8(5-6)14-17(15,16)9-3-4-12-13-9/h1-5,14H,(H,12,13). The van der Waals surface area contributed by atoms with Gasteiger partial charge in [-0.1, -0.05) is 0 Å². The lowest BCUT2D eigenvalue weighted by Gasteiger charge is -2.06. The zero-order valence-electron chi connectivity index (χ0n) is 8.31. The Hall–Kier alpha value is -1.96. The van der Waals surface area contributed by atoms with Gasteiger partial charge in [-0.25, -0.2) is 8.78 Å². The lowest BCUT2D eigenvalue weighted by atomic mass is 10.3. The number of aromatic amines is 1. The summed E-state index contributed by atoms with van der Waals surface area (Å²) in [6.07, 6.45) is 1.23. The molecule has 0 radical (unpaired) electrons. The molecule has 0 aliphatic heterocycles. The molecule has 90 valence electrons. The van der Waals surface area contributed by atoms with Gasteiger partial charge in [0.2, 0.25) is 0 Å². The summed E-state index contributed by atoms with van der Waals surface area (Å²) >= 11 is 0. The second kappa shape index (κ2) is 4.13. The van der Waals surface area contributed by atoms with Crippen molar-refractivity contribution in [2.24, 2.45) is 0 Å². The summed E-state index contributed by atoms with van der Waals surface area (Å²) in [5.74, 6) is -1.61. The Labute approximate surface area is 95.5 Å². The molecule has 0 aliphatic carbocycles. The van der Waals surface area contributed by atoms with Gasteiger partial charge >= 0.3 is 0 Å². The molecule has 0 unspecified atom stereocenters. The third-order valence-electron chi connectivity index (χ3n) is 1.94. The van der Waals surface area contributed by atoms with Gasteiger partial charge in [0.25, 0.3) is 10.0 Å². The summed E-state index contributed by atoms with van der Waals surface area (Å²) in [6, 6.07) is 3.67. The lowest BCUT2D eigenvalue weighted by molar-refractivity contribution is 0.591. The van der Waals surface area contributed by atoms with E-state index < -0.39 is 27.3 Å². The molecule has 8 heteroatoms. The molecule has 2 N–H and O–H groups in total. The lowest BCUT2D eigenvalue weighted by Crippen LogP contribution is -2.14. The fourth-order valence-electron chi connectivity index (χ4n) is 1.17. The Morgan fingerprint density at radius 1 is 1.24 bits per heavy atom. The van der Waals surface area contributed by atoms with Crippen LogP contribution in [0.5, 0.6) is 0 Å². The van der Waals surface area contributed by atoms with Crippen molar-refractivity contribution >= 4 is 15.7 Å². The molecular formula is C9H7F2N3O2S. The Morgan fingerprint density at radius 3 is 2.65 bits per heavy atom. The predicted molar refractivity (Wildman–Crippen MR) is 55.8 cm³/mol. The van der Waals surface area contributed by atoms with E-state index in [1.54, 1.807) is 0 Å². The second-order valence-corrected chi connectivity index (χ2v) is 4.80. The number of hydrogen-bond donors (Lipinski definition) is 2. The van der Waals surface area contributed by atoms with Crippen LogP contribution in [0.15, 0.2) is 35.5 Å². The highest BCUT2D eigenvalue weighted by Gasteiger charge is 2.17. The zero-order chi connectivity index (χ0) is 12.5. The third-order valence-corrected chi connectivity index (χ3v) is 3.23. The molecule has 0 fully saturated rings.